The third kappa shape index (κ3) is 6.66. The van der Waals surface area contributed by atoms with Crippen LogP contribution in [0.25, 0.3) is 6.08 Å². The lowest BCUT2D eigenvalue weighted by molar-refractivity contribution is -0.127. The van der Waals surface area contributed by atoms with Crippen LogP contribution in [-0.4, -0.2) is 75.5 Å². The van der Waals surface area contributed by atoms with Crippen LogP contribution in [0, 0.1) is 0 Å². The fourth-order valence-corrected chi connectivity index (χ4v) is 4.94. The van der Waals surface area contributed by atoms with Gasteiger partial charge in [-0.05, 0) is 52.5 Å². The summed E-state index contributed by atoms with van der Waals surface area (Å²) >= 11 is 0. The molecule has 1 aromatic rings. The smallest absolute Gasteiger partial charge is 0.246 e. The van der Waals surface area contributed by atoms with Crippen LogP contribution in [0.5, 0.6) is 5.75 Å². The average molecular weight is 395 g/mol. The van der Waals surface area contributed by atoms with Crippen LogP contribution in [0.4, 0.5) is 0 Å². The van der Waals surface area contributed by atoms with Crippen molar-refractivity contribution in [3.05, 3.63) is 35.9 Å². The van der Waals surface area contributed by atoms with Crippen molar-refractivity contribution in [2.24, 2.45) is 0 Å². The molecule has 150 valence electrons. The highest BCUT2D eigenvalue weighted by atomic mass is 32.2. The number of carbonyl (C=O) groups is 1. The lowest BCUT2D eigenvalue weighted by Gasteiger charge is -2.27. The van der Waals surface area contributed by atoms with Gasteiger partial charge in [0.05, 0.1) is 18.1 Å². The summed E-state index contributed by atoms with van der Waals surface area (Å²) < 4.78 is 29.3. The highest BCUT2D eigenvalue weighted by molar-refractivity contribution is 7.91. The second-order valence-corrected chi connectivity index (χ2v) is 9.28. The number of sulfone groups is 1. The zero-order valence-corrected chi connectivity index (χ0v) is 17.2. The van der Waals surface area contributed by atoms with Crippen molar-refractivity contribution < 1.29 is 17.9 Å². The second-order valence-electron chi connectivity index (χ2n) is 7.05. The third-order valence-corrected chi connectivity index (χ3v) is 6.31. The molecule has 1 heterocycles. The first-order valence-electron chi connectivity index (χ1n) is 9.38. The topological polar surface area (TPSA) is 66.9 Å². The number of hydrogen-bond acceptors (Lipinski definition) is 5. The van der Waals surface area contributed by atoms with Crippen LogP contribution >= 0.6 is 0 Å². The van der Waals surface area contributed by atoms with Crippen molar-refractivity contribution in [2.45, 2.75) is 25.8 Å². The van der Waals surface area contributed by atoms with Gasteiger partial charge >= 0.3 is 0 Å². The Morgan fingerprint density at radius 2 is 2.00 bits per heavy atom. The largest absolute Gasteiger partial charge is 0.493 e. The molecular formula is C20H30N2O4S. The number of nitrogens with zero attached hydrogens (tertiary/aromatic N) is 2. The molecule has 1 saturated heterocycles. The van der Waals surface area contributed by atoms with E-state index in [-0.39, 0.29) is 23.5 Å². The number of benzene rings is 1. The van der Waals surface area contributed by atoms with Gasteiger partial charge in [-0.1, -0.05) is 18.2 Å². The summed E-state index contributed by atoms with van der Waals surface area (Å²) in [5.41, 5.74) is 0.833. The maximum absolute atomic E-state index is 12.8. The van der Waals surface area contributed by atoms with Gasteiger partial charge in [0.15, 0.2) is 9.84 Å². The first-order valence-corrected chi connectivity index (χ1v) is 11.2. The van der Waals surface area contributed by atoms with E-state index in [9.17, 15) is 13.2 Å². The van der Waals surface area contributed by atoms with E-state index in [1.165, 1.54) is 6.08 Å². The summed E-state index contributed by atoms with van der Waals surface area (Å²) in [6, 6.07) is 7.31. The van der Waals surface area contributed by atoms with Gasteiger partial charge < -0.3 is 14.5 Å². The Morgan fingerprint density at radius 3 is 2.63 bits per heavy atom. The zero-order chi connectivity index (χ0) is 19.9. The van der Waals surface area contributed by atoms with E-state index in [1.807, 2.05) is 45.3 Å². The quantitative estimate of drug-likeness (QED) is 0.600. The van der Waals surface area contributed by atoms with E-state index in [1.54, 1.807) is 11.0 Å². The van der Waals surface area contributed by atoms with Gasteiger partial charge in [-0.15, -0.1) is 0 Å². The molecule has 1 aliphatic heterocycles. The Bertz CT molecular complexity index is 759. The molecule has 0 radical (unpaired) electrons. The van der Waals surface area contributed by atoms with Gasteiger partial charge in [0.2, 0.25) is 5.91 Å². The number of amides is 1. The molecule has 7 heteroatoms. The SMILES string of the molecule is CCOc1ccccc1/C=C/C(=O)N(CCCN(C)C)C1CCS(=O)(=O)C1. The molecule has 1 aliphatic rings. The average Bonchev–Trinajstić information content (AvgIpc) is 2.97. The predicted molar refractivity (Wildman–Crippen MR) is 109 cm³/mol. The van der Waals surface area contributed by atoms with Crippen molar-refractivity contribution in [1.82, 2.24) is 9.80 Å². The molecule has 0 aromatic heterocycles. The normalized spacial score (nSPS) is 18.9. The minimum atomic E-state index is -3.04. The molecule has 0 N–H and O–H groups in total. The molecule has 1 atom stereocenters. The fourth-order valence-electron chi connectivity index (χ4n) is 3.21. The molecule has 1 unspecified atom stereocenters. The Kier molecular flexibility index (Phi) is 7.86. The number of rotatable bonds is 9. The molecule has 1 aromatic carbocycles. The summed E-state index contributed by atoms with van der Waals surface area (Å²) in [5, 5.41) is 0. The van der Waals surface area contributed by atoms with Crippen molar-refractivity contribution in [3.8, 4) is 5.75 Å². The monoisotopic (exact) mass is 394 g/mol. The Labute approximate surface area is 162 Å². The van der Waals surface area contributed by atoms with Gasteiger partial charge in [-0.3, -0.25) is 4.79 Å². The van der Waals surface area contributed by atoms with Crippen LogP contribution in [-0.2, 0) is 14.6 Å². The molecule has 0 spiro atoms. The highest BCUT2D eigenvalue weighted by Crippen LogP contribution is 2.21. The van der Waals surface area contributed by atoms with Crippen molar-refractivity contribution in [2.75, 3.05) is 45.3 Å². The Morgan fingerprint density at radius 1 is 1.26 bits per heavy atom. The van der Waals surface area contributed by atoms with Gasteiger partial charge in [-0.25, -0.2) is 8.42 Å². The summed E-state index contributed by atoms with van der Waals surface area (Å²) in [7, 11) is 0.921. The van der Waals surface area contributed by atoms with E-state index < -0.39 is 9.84 Å². The van der Waals surface area contributed by atoms with Crippen molar-refractivity contribution >= 4 is 21.8 Å². The molecule has 1 fully saturated rings. The lowest BCUT2D eigenvalue weighted by atomic mass is 10.1. The number of ether oxygens (including phenoxy) is 1. The first kappa shape index (κ1) is 21.4. The Balaban J connectivity index is 2.13. The van der Waals surface area contributed by atoms with Gasteiger partial charge in [0, 0.05) is 24.2 Å². The standard InChI is InChI=1S/C20H30N2O4S/c1-4-26-19-9-6-5-8-17(19)10-11-20(23)22(14-7-13-21(2)3)18-12-15-27(24,25)16-18/h5-6,8-11,18H,4,7,12-16H2,1-3H3/b11-10+. The molecule has 0 bridgehead atoms. The maximum atomic E-state index is 12.8. The molecule has 0 saturated carbocycles. The van der Waals surface area contributed by atoms with Crippen LogP contribution in [0.15, 0.2) is 30.3 Å². The number of para-hydroxylation sites is 1. The predicted octanol–water partition coefficient (Wildman–Crippen LogP) is 2.07. The van der Waals surface area contributed by atoms with Gasteiger partial charge in [0.25, 0.3) is 0 Å². The van der Waals surface area contributed by atoms with Crippen LogP contribution < -0.4 is 4.74 Å². The van der Waals surface area contributed by atoms with Crippen LogP contribution in [0.3, 0.4) is 0 Å². The first-order chi connectivity index (χ1) is 12.8. The maximum Gasteiger partial charge on any atom is 0.246 e. The summed E-state index contributed by atoms with van der Waals surface area (Å²) in [4.78, 5) is 16.6. The highest BCUT2D eigenvalue weighted by Gasteiger charge is 2.33. The van der Waals surface area contributed by atoms with E-state index in [0.717, 1.165) is 24.3 Å². The Hall–Kier alpha value is -1.86. The lowest BCUT2D eigenvalue weighted by Crippen LogP contribution is -2.41. The fraction of sp³-hybridized carbons (Fsp3) is 0.550. The zero-order valence-electron chi connectivity index (χ0n) is 16.4. The minimum absolute atomic E-state index is 0.0596. The minimum Gasteiger partial charge on any atom is -0.493 e. The molecule has 1 amide bonds. The van der Waals surface area contributed by atoms with Gasteiger partial charge in [0.1, 0.15) is 5.75 Å². The van der Waals surface area contributed by atoms with E-state index in [0.29, 0.717) is 19.6 Å². The summed E-state index contributed by atoms with van der Waals surface area (Å²) in [6.07, 6.45) is 4.59. The molecule has 27 heavy (non-hydrogen) atoms. The van der Waals surface area contributed by atoms with Crippen LogP contribution in [0.1, 0.15) is 25.3 Å². The number of carbonyl (C=O) groups excluding carboxylic acids is 1. The van der Waals surface area contributed by atoms with Crippen LogP contribution in [0.2, 0.25) is 0 Å². The third-order valence-electron chi connectivity index (χ3n) is 4.56. The number of hydrogen-bond donors (Lipinski definition) is 0. The van der Waals surface area contributed by atoms with E-state index in [2.05, 4.69) is 4.90 Å². The molecular weight excluding hydrogens is 364 g/mol. The van der Waals surface area contributed by atoms with Gasteiger partial charge in [-0.2, -0.15) is 0 Å². The van der Waals surface area contributed by atoms with E-state index >= 15 is 0 Å². The summed E-state index contributed by atoms with van der Waals surface area (Å²) in [6.45, 7) is 3.86. The van der Waals surface area contributed by atoms with Crippen molar-refractivity contribution in [3.63, 3.8) is 0 Å². The summed E-state index contributed by atoms with van der Waals surface area (Å²) in [5.74, 6) is 0.796. The molecule has 2 rings (SSSR count). The van der Waals surface area contributed by atoms with E-state index in [4.69, 9.17) is 4.74 Å². The molecule has 6 nitrogen and oxygen atoms in total. The second kappa shape index (κ2) is 9.90. The van der Waals surface area contributed by atoms with Crippen molar-refractivity contribution in [1.29, 1.82) is 0 Å². The molecule has 0 aliphatic carbocycles.